The van der Waals surface area contributed by atoms with Crippen LogP contribution in [0.3, 0.4) is 0 Å². The van der Waals surface area contributed by atoms with E-state index < -0.39 is 0 Å². The molecular weight excluding hydrogens is 1010 g/mol. The Balaban J connectivity index is 1.72. The van der Waals surface area contributed by atoms with Crippen molar-refractivity contribution in [3.05, 3.63) is 83.4 Å². The third-order valence-corrected chi connectivity index (χ3v) is 17.0. The second-order valence-corrected chi connectivity index (χ2v) is 23.3. The van der Waals surface area contributed by atoms with E-state index in [1.54, 1.807) is 34.5 Å². The maximum absolute atomic E-state index is 13.4. The average Bonchev–Trinajstić information content (AvgIpc) is 3.34. The number of carbonyl (C=O) groups excluding carboxylic acids is 3. The van der Waals surface area contributed by atoms with Gasteiger partial charge in [-0.05, 0) is 83.2 Å². The number of nitrogens with two attached hydrogens (primary N) is 4. The lowest BCUT2D eigenvalue weighted by molar-refractivity contribution is -0.131. The lowest BCUT2D eigenvalue weighted by atomic mass is 10.2. The van der Waals surface area contributed by atoms with Gasteiger partial charge in [-0.15, -0.1) is 6.58 Å². The van der Waals surface area contributed by atoms with Crippen LogP contribution in [0.15, 0.2) is 61.2 Å². The standard InChI is InChI=1S/C49H83N13O3S6/c1-2-20-60(23-17-57-47(51)52)44(63)14-32-70-38-42-11-3-9-40(34-42)37-69-28-7-22-62(25-19-59-49(55)56)46(65)15-33-71-39-43-12-4-10-41(35-43)36-68-27-6-21-61(24-18-58-48(53)54)45(64)13-31-67-30-8-29-66-26-5-16-50/h2-4,9-12,34-35H,1,5-8,13-33,36-39,50H2,(H4,51,52,57)(H4,53,54,58)(H4,55,56,59). The molecule has 2 aromatic rings. The summed E-state index contributed by atoms with van der Waals surface area (Å²) in [6.07, 6.45) is 7.04. The molecule has 0 aliphatic rings. The van der Waals surface area contributed by atoms with Crippen LogP contribution in [-0.2, 0) is 37.4 Å². The van der Waals surface area contributed by atoms with Gasteiger partial charge in [0.05, 0.1) is 0 Å². The summed E-state index contributed by atoms with van der Waals surface area (Å²) >= 11 is 11.0. The summed E-state index contributed by atoms with van der Waals surface area (Å²) < 4.78 is 0. The number of hydrogen-bond donors (Lipinski definition) is 10. The number of rotatable bonds is 43. The molecular formula is C49H83N13O3S6. The predicted molar refractivity (Wildman–Crippen MR) is 313 cm³/mol. The molecule has 0 heterocycles. The number of benzene rings is 2. The molecule has 0 unspecified atom stereocenters. The fourth-order valence-corrected chi connectivity index (χ4v) is 12.4. The van der Waals surface area contributed by atoms with Crippen molar-refractivity contribution in [3.63, 3.8) is 0 Å². The number of hydrogen-bond acceptors (Lipinski definition) is 13. The molecule has 0 bridgehead atoms. The van der Waals surface area contributed by atoms with Crippen molar-refractivity contribution in [1.29, 1.82) is 16.2 Å². The van der Waals surface area contributed by atoms with Crippen LogP contribution < -0.4 is 38.9 Å². The Kier molecular flexibility index (Phi) is 37.5. The third-order valence-electron chi connectivity index (χ3n) is 10.4. The van der Waals surface area contributed by atoms with Crippen LogP contribution >= 0.6 is 70.6 Å². The van der Waals surface area contributed by atoms with Crippen LogP contribution in [0.1, 0.15) is 67.2 Å². The summed E-state index contributed by atoms with van der Waals surface area (Å²) in [5.41, 5.74) is 26.9. The first kappa shape index (κ1) is 63.6. The Morgan fingerprint density at radius 1 is 0.493 bits per heavy atom. The predicted octanol–water partition coefficient (Wildman–Crippen LogP) is 5.60. The molecule has 3 amide bonds. The van der Waals surface area contributed by atoms with Crippen molar-refractivity contribution >= 4 is 106 Å². The largest absolute Gasteiger partial charge is 0.370 e. The van der Waals surface area contributed by atoms with Gasteiger partial charge in [0.2, 0.25) is 17.7 Å². The molecule has 0 saturated heterocycles. The highest BCUT2D eigenvalue weighted by Crippen LogP contribution is 2.21. The summed E-state index contributed by atoms with van der Waals surface area (Å²) in [7, 11) is 0. The molecule has 2 rings (SSSR count). The van der Waals surface area contributed by atoms with Crippen molar-refractivity contribution in [3.8, 4) is 0 Å². The third kappa shape index (κ3) is 33.7. The zero-order chi connectivity index (χ0) is 51.7. The van der Waals surface area contributed by atoms with Gasteiger partial charge < -0.3 is 53.6 Å². The van der Waals surface area contributed by atoms with Gasteiger partial charge >= 0.3 is 0 Å². The van der Waals surface area contributed by atoms with E-state index >= 15 is 0 Å². The molecule has 0 fully saturated rings. The van der Waals surface area contributed by atoms with E-state index in [0.29, 0.717) is 89.7 Å². The Bertz CT molecular complexity index is 1850. The summed E-state index contributed by atoms with van der Waals surface area (Å²) in [4.78, 5) is 44.8. The molecule has 0 saturated carbocycles. The van der Waals surface area contributed by atoms with Crippen LogP contribution in [0.2, 0.25) is 0 Å². The molecule has 2 aromatic carbocycles. The zero-order valence-electron chi connectivity index (χ0n) is 41.7. The molecule has 16 nitrogen and oxygen atoms in total. The number of guanidine groups is 3. The second kappa shape index (κ2) is 41.9. The van der Waals surface area contributed by atoms with Crippen LogP contribution in [0.25, 0.3) is 0 Å². The zero-order valence-corrected chi connectivity index (χ0v) is 46.6. The van der Waals surface area contributed by atoms with Crippen LogP contribution in [0.5, 0.6) is 0 Å². The number of carbonyl (C=O) groups is 3. The summed E-state index contributed by atoms with van der Waals surface area (Å²) in [5, 5.41) is 30.8. The molecule has 0 atom stereocenters. The lowest BCUT2D eigenvalue weighted by Crippen LogP contribution is -2.41. The minimum Gasteiger partial charge on any atom is -0.370 e. The lowest BCUT2D eigenvalue weighted by Gasteiger charge is -2.23. The van der Waals surface area contributed by atoms with E-state index in [2.05, 4.69) is 71.1 Å². The Morgan fingerprint density at radius 3 is 1.23 bits per heavy atom. The highest BCUT2D eigenvalue weighted by molar-refractivity contribution is 8.00. The number of nitrogens with zero attached hydrogens (tertiary/aromatic N) is 3. The van der Waals surface area contributed by atoms with E-state index in [0.717, 1.165) is 89.8 Å². The van der Waals surface area contributed by atoms with Gasteiger partial charge in [-0.25, -0.2) is 0 Å². The molecule has 0 aliphatic heterocycles. The van der Waals surface area contributed by atoms with Crippen LogP contribution in [-0.4, -0.2) is 162 Å². The molecule has 22 heteroatoms. The topological polar surface area (TPSA) is 273 Å². The minimum absolute atomic E-state index is 0.0585. The van der Waals surface area contributed by atoms with Gasteiger partial charge in [0, 0.05) is 118 Å². The van der Waals surface area contributed by atoms with Crippen molar-refractivity contribution in [2.45, 2.75) is 68.0 Å². The molecule has 398 valence electrons. The Labute approximate surface area is 450 Å². The SMILES string of the molecule is C=CCN(CCNC(=N)N)C(=O)CCSCc1cccc(CSCCCN(CCNC(=N)N)C(=O)CCSCc2cccc(CSCCCN(CCNC(=N)N)C(=O)CCSCCCSCCCN)c2)c1. The maximum atomic E-state index is 13.4. The van der Waals surface area contributed by atoms with E-state index in [1.165, 1.54) is 22.3 Å². The second-order valence-electron chi connectivity index (χ2n) is 16.4. The number of nitrogens with one attached hydrogen (secondary N) is 6. The maximum Gasteiger partial charge on any atom is 0.223 e. The smallest absolute Gasteiger partial charge is 0.223 e. The first-order chi connectivity index (χ1) is 34.4. The van der Waals surface area contributed by atoms with Crippen LogP contribution in [0, 0.1) is 16.2 Å². The molecule has 0 aliphatic carbocycles. The normalized spacial score (nSPS) is 10.9. The van der Waals surface area contributed by atoms with Gasteiger partial charge in [-0.2, -0.15) is 70.6 Å². The van der Waals surface area contributed by atoms with Crippen molar-refractivity contribution < 1.29 is 14.4 Å². The first-order valence-electron chi connectivity index (χ1n) is 24.4. The van der Waals surface area contributed by atoms with E-state index in [9.17, 15) is 14.4 Å². The quantitative estimate of drug-likeness (QED) is 0.0168. The minimum atomic E-state index is -0.109. The van der Waals surface area contributed by atoms with Gasteiger partial charge in [0.1, 0.15) is 0 Å². The van der Waals surface area contributed by atoms with E-state index in [1.807, 2.05) is 56.8 Å². The molecule has 0 radical (unpaired) electrons. The fraction of sp³-hybridized carbons (Fsp3) is 0.592. The summed E-state index contributed by atoms with van der Waals surface area (Å²) in [6, 6.07) is 17.2. The highest BCUT2D eigenvalue weighted by Gasteiger charge is 2.16. The van der Waals surface area contributed by atoms with Crippen molar-refractivity contribution in [2.75, 3.05) is 111 Å². The van der Waals surface area contributed by atoms with Crippen molar-refractivity contribution in [1.82, 2.24) is 30.7 Å². The molecule has 14 N–H and O–H groups in total. The van der Waals surface area contributed by atoms with Gasteiger partial charge in [0.25, 0.3) is 0 Å². The Hall–Kier alpha value is -3.54. The summed E-state index contributed by atoms with van der Waals surface area (Å²) in [5.74, 6) is 10.8. The van der Waals surface area contributed by atoms with Gasteiger partial charge in [0.15, 0.2) is 17.9 Å². The van der Waals surface area contributed by atoms with Crippen molar-refractivity contribution in [2.24, 2.45) is 22.9 Å². The first-order valence-corrected chi connectivity index (χ1v) is 31.3. The van der Waals surface area contributed by atoms with E-state index in [-0.39, 0.29) is 35.6 Å². The number of amides is 3. The van der Waals surface area contributed by atoms with Crippen LogP contribution in [0.4, 0.5) is 0 Å². The average molecular weight is 1090 g/mol. The Morgan fingerprint density at radius 2 is 0.831 bits per heavy atom. The fourth-order valence-electron chi connectivity index (χ4n) is 6.87. The highest BCUT2D eigenvalue weighted by atomic mass is 32.2. The molecule has 71 heavy (non-hydrogen) atoms. The number of thioether (sulfide) groups is 6. The van der Waals surface area contributed by atoms with Gasteiger partial charge in [-0.3, -0.25) is 30.6 Å². The van der Waals surface area contributed by atoms with Gasteiger partial charge in [-0.1, -0.05) is 54.6 Å². The monoisotopic (exact) mass is 1090 g/mol. The molecule has 0 aromatic heterocycles. The summed E-state index contributed by atoms with van der Waals surface area (Å²) in [6.45, 7) is 9.09. The molecule has 0 spiro atoms. The van der Waals surface area contributed by atoms with E-state index in [4.69, 9.17) is 39.2 Å².